The summed E-state index contributed by atoms with van der Waals surface area (Å²) in [7, 11) is 1.75. The Morgan fingerprint density at radius 1 is 1.08 bits per heavy atom. The summed E-state index contributed by atoms with van der Waals surface area (Å²) in [5.74, 6) is -0.380. The first-order valence-electron chi connectivity index (χ1n) is 7.20. The molecule has 0 aromatic heterocycles. The topological polar surface area (TPSA) is 41.6 Å². The maximum absolute atomic E-state index is 12.3. The second-order valence-corrected chi connectivity index (χ2v) is 5.14. The van der Waals surface area contributed by atoms with Crippen molar-refractivity contribution in [3.8, 4) is 5.75 Å². The van der Waals surface area contributed by atoms with Crippen LogP contribution in [0.3, 0.4) is 0 Å². The number of ether oxygens (including phenoxy) is 1. The third kappa shape index (κ3) is 5.49. The summed E-state index contributed by atoms with van der Waals surface area (Å²) < 4.78 is 41.6. The van der Waals surface area contributed by atoms with Crippen LogP contribution in [0.2, 0.25) is 0 Å². The van der Waals surface area contributed by atoms with Gasteiger partial charge in [-0.05, 0) is 24.3 Å². The fourth-order valence-corrected chi connectivity index (χ4v) is 2.03. The summed E-state index contributed by atoms with van der Waals surface area (Å²) >= 11 is 0. The smallest absolute Gasteiger partial charge is 0.422 e. The highest BCUT2D eigenvalue weighted by Gasteiger charge is 2.28. The van der Waals surface area contributed by atoms with Gasteiger partial charge >= 0.3 is 6.18 Å². The first-order valence-corrected chi connectivity index (χ1v) is 7.20. The molecule has 0 aliphatic carbocycles. The van der Waals surface area contributed by atoms with Crippen LogP contribution in [0.15, 0.2) is 54.6 Å². The molecule has 7 heteroatoms. The summed E-state index contributed by atoms with van der Waals surface area (Å²) in [6, 6.07) is 15.3. The molecule has 0 atom stereocenters. The molecule has 1 N–H and O–H groups in total. The zero-order chi connectivity index (χ0) is 17.6. The van der Waals surface area contributed by atoms with Crippen molar-refractivity contribution >= 4 is 17.3 Å². The highest BCUT2D eigenvalue weighted by Crippen LogP contribution is 2.26. The van der Waals surface area contributed by atoms with E-state index in [9.17, 15) is 18.0 Å². The molecule has 128 valence electrons. The monoisotopic (exact) mass is 338 g/mol. The summed E-state index contributed by atoms with van der Waals surface area (Å²) in [4.78, 5) is 13.8. The number of para-hydroxylation sites is 3. The van der Waals surface area contributed by atoms with Gasteiger partial charge in [0.25, 0.3) is 0 Å². The molecule has 2 aromatic rings. The van der Waals surface area contributed by atoms with Crippen LogP contribution >= 0.6 is 0 Å². The van der Waals surface area contributed by atoms with Crippen molar-refractivity contribution in [2.75, 3.05) is 30.4 Å². The predicted molar refractivity (Wildman–Crippen MR) is 86.3 cm³/mol. The lowest BCUT2D eigenvalue weighted by Crippen LogP contribution is -2.30. The summed E-state index contributed by atoms with van der Waals surface area (Å²) in [6.45, 7) is -1.36. The lowest BCUT2D eigenvalue weighted by atomic mass is 10.2. The Morgan fingerprint density at radius 3 is 2.38 bits per heavy atom. The van der Waals surface area contributed by atoms with Crippen LogP contribution in [0.5, 0.6) is 5.75 Å². The van der Waals surface area contributed by atoms with Crippen molar-refractivity contribution in [3.05, 3.63) is 54.6 Å². The van der Waals surface area contributed by atoms with Crippen molar-refractivity contribution in [1.82, 2.24) is 0 Å². The van der Waals surface area contributed by atoms with Gasteiger partial charge < -0.3 is 15.0 Å². The van der Waals surface area contributed by atoms with Gasteiger partial charge in [0.15, 0.2) is 6.61 Å². The highest BCUT2D eigenvalue weighted by molar-refractivity contribution is 5.95. The number of alkyl halides is 3. The van der Waals surface area contributed by atoms with Crippen molar-refractivity contribution in [1.29, 1.82) is 0 Å². The molecule has 2 rings (SSSR count). The molecule has 4 nitrogen and oxygen atoms in total. The van der Waals surface area contributed by atoms with Crippen molar-refractivity contribution in [2.45, 2.75) is 6.18 Å². The second-order valence-electron chi connectivity index (χ2n) is 5.14. The van der Waals surface area contributed by atoms with Gasteiger partial charge in [-0.1, -0.05) is 30.3 Å². The van der Waals surface area contributed by atoms with E-state index in [2.05, 4.69) is 5.32 Å². The maximum Gasteiger partial charge on any atom is 0.422 e. The summed E-state index contributed by atoms with van der Waals surface area (Å²) in [6.07, 6.45) is -4.44. The van der Waals surface area contributed by atoms with Gasteiger partial charge in [-0.25, -0.2) is 0 Å². The number of likely N-dealkylation sites (N-methyl/N-ethyl adjacent to an activating group) is 1. The molecule has 0 radical (unpaired) electrons. The zero-order valence-corrected chi connectivity index (χ0v) is 13.0. The van der Waals surface area contributed by atoms with E-state index in [-0.39, 0.29) is 23.9 Å². The number of benzene rings is 2. The Kier molecular flexibility index (Phi) is 5.68. The van der Waals surface area contributed by atoms with E-state index >= 15 is 0 Å². The lowest BCUT2D eigenvalue weighted by molar-refractivity contribution is -0.153. The molecule has 0 aliphatic rings. The minimum absolute atomic E-state index is 0.0226. The Balaban J connectivity index is 1.99. The number of nitrogens with zero attached hydrogens (tertiary/aromatic N) is 1. The fraction of sp³-hybridized carbons (Fsp3) is 0.235. The second kappa shape index (κ2) is 7.72. The van der Waals surface area contributed by atoms with Crippen LogP contribution in [0.4, 0.5) is 24.5 Å². The Labute approximate surface area is 137 Å². The van der Waals surface area contributed by atoms with Crippen LogP contribution < -0.4 is 15.0 Å². The number of anilines is 2. The molecule has 2 aromatic carbocycles. The van der Waals surface area contributed by atoms with E-state index in [0.29, 0.717) is 0 Å². The molecular weight excluding hydrogens is 321 g/mol. The Bertz CT molecular complexity index is 675. The van der Waals surface area contributed by atoms with Gasteiger partial charge in [-0.15, -0.1) is 0 Å². The van der Waals surface area contributed by atoms with Gasteiger partial charge in [-0.3, -0.25) is 4.79 Å². The zero-order valence-electron chi connectivity index (χ0n) is 13.0. The van der Waals surface area contributed by atoms with Gasteiger partial charge in [0.1, 0.15) is 5.75 Å². The molecule has 0 aliphatic heterocycles. The number of amides is 1. The fourth-order valence-electron chi connectivity index (χ4n) is 2.03. The number of halogens is 3. The molecule has 1 amide bonds. The third-order valence-corrected chi connectivity index (χ3v) is 3.13. The molecule has 0 saturated heterocycles. The molecular formula is C17H17F3N2O2. The van der Waals surface area contributed by atoms with E-state index in [1.165, 1.54) is 18.2 Å². The quantitative estimate of drug-likeness (QED) is 0.873. The largest absolute Gasteiger partial charge is 0.482 e. The third-order valence-electron chi connectivity index (χ3n) is 3.13. The predicted octanol–water partition coefficient (Wildman–Crippen LogP) is 3.70. The molecule has 0 spiro atoms. The molecule has 0 bridgehead atoms. The van der Waals surface area contributed by atoms with Crippen molar-refractivity contribution in [3.63, 3.8) is 0 Å². The average Bonchev–Trinajstić information content (AvgIpc) is 2.54. The van der Waals surface area contributed by atoms with E-state index < -0.39 is 12.8 Å². The first-order chi connectivity index (χ1) is 11.3. The van der Waals surface area contributed by atoms with E-state index in [1.54, 1.807) is 18.0 Å². The lowest BCUT2D eigenvalue weighted by Gasteiger charge is -2.19. The van der Waals surface area contributed by atoms with Gasteiger partial charge in [0.2, 0.25) is 5.91 Å². The van der Waals surface area contributed by atoms with Crippen LogP contribution in [0.1, 0.15) is 0 Å². The summed E-state index contributed by atoms with van der Waals surface area (Å²) in [5, 5.41) is 2.57. The van der Waals surface area contributed by atoms with Gasteiger partial charge in [0.05, 0.1) is 12.2 Å². The van der Waals surface area contributed by atoms with E-state index in [1.807, 2.05) is 30.3 Å². The van der Waals surface area contributed by atoms with Gasteiger partial charge in [-0.2, -0.15) is 13.2 Å². The molecule has 0 saturated carbocycles. The Morgan fingerprint density at radius 2 is 1.71 bits per heavy atom. The SMILES string of the molecule is CN(CC(=O)Nc1ccccc1OCC(F)(F)F)c1ccccc1. The summed E-state index contributed by atoms with van der Waals surface area (Å²) in [5.41, 5.74) is 1.06. The first kappa shape index (κ1) is 17.7. The number of hydrogen-bond donors (Lipinski definition) is 1. The number of carbonyl (C=O) groups excluding carboxylic acids is 1. The maximum atomic E-state index is 12.3. The standard InChI is InChI=1S/C17H17F3N2O2/c1-22(13-7-3-2-4-8-13)11-16(23)21-14-9-5-6-10-15(14)24-12-17(18,19)20/h2-10H,11-12H2,1H3,(H,21,23). The van der Waals surface area contributed by atoms with E-state index in [0.717, 1.165) is 5.69 Å². The number of rotatable bonds is 6. The number of carbonyl (C=O) groups is 1. The molecule has 0 unspecified atom stereocenters. The minimum Gasteiger partial charge on any atom is -0.482 e. The Hall–Kier alpha value is -2.70. The van der Waals surface area contributed by atoms with Crippen molar-refractivity contribution < 1.29 is 22.7 Å². The normalized spacial score (nSPS) is 11.0. The molecule has 0 heterocycles. The van der Waals surface area contributed by atoms with Crippen LogP contribution in [0, 0.1) is 0 Å². The molecule has 24 heavy (non-hydrogen) atoms. The van der Waals surface area contributed by atoms with Crippen LogP contribution in [-0.2, 0) is 4.79 Å². The van der Waals surface area contributed by atoms with Crippen LogP contribution in [-0.4, -0.2) is 32.3 Å². The van der Waals surface area contributed by atoms with Gasteiger partial charge in [0, 0.05) is 12.7 Å². The van der Waals surface area contributed by atoms with Crippen LogP contribution in [0.25, 0.3) is 0 Å². The average molecular weight is 338 g/mol. The number of nitrogens with one attached hydrogen (secondary N) is 1. The van der Waals surface area contributed by atoms with Crippen molar-refractivity contribution in [2.24, 2.45) is 0 Å². The number of hydrogen-bond acceptors (Lipinski definition) is 3. The molecule has 0 fully saturated rings. The van der Waals surface area contributed by atoms with E-state index in [4.69, 9.17) is 4.74 Å². The minimum atomic E-state index is -4.44. The highest BCUT2D eigenvalue weighted by atomic mass is 19.4.